The molecular formula is C10H13ClN4O3. The largest absolute Gasteiger partial charge is 0.378 e. The highest BCUT2D eigenvalue weighted by Crippen LogP contribution is 2.23. The standard InChI is InChI=1S/C10H13ClN4O3/c11-9-3-8(15(16)17)5-14-10(9)13-4-7-6-18-2-1-12-7/h3,5,7,12H,1-2,4,6H2,(H,13,14). The molecule has 0 radical (unpaired) electrons. The van der Waals surface area contributed by atoms with Crippen LogP contribution in [0.5, 0.6) is 0 Å². The van der Waals surface area contributed by atoms with Gasteiger partial charge < -0.3 is 15.4 Å². The summed E-state index contributed by atoms with van der Waals surface area (Å²) in [6.45, 7) is 2.75. The van der Waals surface area contributed by atoms with E-state index < -0.39 is 4.92 Å². The van der Waals surface area contributed by atoms with Crippen LogP contribution in [-0.4, -0.2) is 42.3 Å². The van der Waals surface area contributed by atoms with Crippen molar-refractivity contribution in [3.8, 4) is 0 Å². The van der Waals surface area contributed by atoms with Gasteiger partial charge in [0.05, 0.1) is 23.2 Å². The van der Waals surface area contributed by atoms with Crippen molar-refractivity contribution in [3.05, 3.63) is 27.4 Å². The molecule has 0 amide bonds. The Kier molecular flexibility index (Phi) is 4.29. The molecule has 0 spiro atoms. The van der Waals surface area contributed by atoms with Crippen LogP contribution in [-0.2, 0) is 4.74 Å². The molecule has 1 atom stereocenters. The molecule has 0 aromatic carbocycles. The van der Waals surface area contributed by atoms with Crippen LogP contribution >= 0.6 is 11.6 Å². The first-order valence-electron chi connectivity index (χ1n) is 5.52. The monoisotopic (exact) mass is 272 g/mol. The molecule has 2 rings (SSSR count). The van der Waals surface area contributed by atoms with E-state index in [-0.39, 0.29) is 16.8 Å². The third-order valence-corrected chi connectivity index (χ3v) is 2.84. The summed E-state index contributed by atoms with van der Waals surface area (Å²) in [6.07, 6.45) is 1.18. The molecule has 0 saturated carbocycles. The zero-order chi connectivity index (χ0) is 13.0. The maximum absolute atomic E-state index is 10.5. The van der Waals surface area contributed by atoms with Crippen LogP contribution in [0.4, 0.5) is 11.5 Å². The molecule has 98 valence electrons. The predicted octanol–water partition coefficient (Wildman–Crippen LogP) is 1.04. The van der Waals surface area contributed by atoms with Crippen LogP contribution in [0, 0.1) is 10.1 Å². The van der Waals surface area contributed by atoms with E-state index in [1.807, 2.05) is 0 Å². The molecule has 2 N–H and O–H groups in total. The summed E-state index contributed by atoms with van der Waals surface area (Å²) in [7, 11) is 0. The van der Waals surface area contributed by atoms with Gasteiger partial charge in [0.25, 0.3) is 5.69 Å². The number of ether oxygens (including phenoxy) is 1. The van der Waals surface area contributed by atoms with Gasteiger partial charge in [-0.05, 0) is 0 Å². The first-order valence-corrected chi connectivity index (χ1v) is 5.89. The van der Waals surface area contributed by atoms with Gasteiger partial charge in [0.2, 0.25) is 0 Å². The average molecular weight is 273 g/mol. The Balaban J connectivity index is 1.94. The summed E-state index contributed by atoms with van der Waals surface area (Å²) in [5.74, 6) is 0.439. The number of halogens is 1. The highest BCUT2D eigenvalue weighted by atomic mass is 35.5. The van der Waals surface area contributed by atoms with Crippen LogP contribution in [0.1, 0.15) is 0 Å². The number of rotatable bonds is 4. The second-order valence-electron chi connectivity index (χ2n) is 3.89. The average Bonchev–Trinajstić information content (AvgIpc) is 2.38. The van der Waals surface area contributed by atoms with Crippen molar-refractivity contribution in [1.82, 2.24) is 10.3 Å². The lowest BCUT2D eigenvalue weighted by atomic mass is 10.3. The van der Waals surface area contributed by atoms with E-state index in [1.165, 1.54) is 12.3 Å². The van der Waals surface area contributed by atoms with E-state index in [4.69, 9.17) is 16.3 Å². The quantitative estimate of drug-likeness (QED) is 0.629. The van der Waals surface area contributed by atoms with E-state index in [0.717, 1.165) is 6.54 Å². The van der Waals surface area contributed by atoms with Gasteiger partial charge in [-0.2, -0.15) is 0 Å². The number of hydrogen-bond acceptors (Lipinski definition) is 6. The fourth-order valence-corrected chi connectivity index (χ4v) is 1.86. The SMILES string of the molecule is O=[N+]([O-])c1cnc(NCC2COCCN2)c(Cl)c1. The fourth-order valence-electron chi connectivity index (χ4n) is 1.63. The van der Waals surface area contributed by atoms with Gasteiger partial charge in [-0.3, -0.25) is 10.1 Å². The highest BCUT2D eigenvalue weighted by Gasteiger charge is 2.15. The zero-order valence-electron chi connectivity index (χ0n) is 9.56. The summed E-state index contributed by atoms with van der Waals surface area (Å²) < 4.78 is 5.31. The number of nitro groups is 1. The van der Waals surface area contributed by atoms with Crippen LogP contribution < -0.4 is 10.6 Å². The van der Waals surface area contributed by atoms with E-state index in [0.29, 0.717) is 25.6 Å². The summed E-state index contributed by atoms with van der Waals surface area (Å²) in [5.41, 5.74) is -0.121. The smallest absolute Gasteiger partial charge is 0.289 e. The minimum absolute atomic E-state index is 0.121. The van der Waals surface area contributed by atoms with Gasteiger partial charge >= 0.3 is 0 Å². The molecule has 7 nitrogen and oxygen atoms in total. The number of anilines is 1. The van der Waals surface area contributed by atoms with Gasteiger partial charge in [-0.1, -0.05) is 11.6 Å². The van der Waals surface area contributed by atoms with Crippen molar-refractivity contribution in [1.29, 1.82) is 0 Å². The lowest BCUT2D eigenvalue weighted by Crippen LogP contribution is -2.45. The van der Waals surface area contributed by atoms with Gasteiger partial charge in [0.1, 0.15) is 12.0 Å². The Morgan fingerprint density at radius 1 is 1.72 bits per heavy atom. The Morgan fingerprint density at radius 2 is 2.56 bits per heavy atom. The summed E-state index contributed by atoms with van der Waals surface area (Å²) in [6, 6.07) is 1.47. The number of aromatic nitrogens is 1. The van der Waals surface area contributed by atoms with Crippen LogP contribution in [0.2, 0.25) is 5.02 Å². The lowest BCUT2D eigenvalue weighted by molar-refractivity contribution is -0.385. The van der Waals surface area contributed by atoms with Crippen molar-refractivity contribution < 1.29 is 9.66 Å². The molecule has 1 unspecified atom stereocenters. The molecule has 2 heterocycles. The highest BCUT2D eigenvalue weighted by molar-refractivity contribution is 6.33. The molecule has 1 aromatic heterocycles. The van der Waals surface area contributed by atoms with Crippen LogP contribution in [0.3, 0.4) is 0 Å². The number of pyridine rings is 1. The van der Waals surface area contributed by atoms with E-state index >= 15 is 0 Å². The van der Waals surface area contributed by atoms with Crippen molar-refractivity contribution in [2.45, 2.75) is 6.04 Å². The predicted molar refractivity (Wildman–Crippen MR) is 67.0 cm³/mol. The van der Waals surface area contributed by atoms with Crippen molar-refractivity contribution in [2.75, 3.05) is 31.6 Å². The Hall–Kier alpha value is -1.44. The molecule has 1 aliphatic heterocycles. The topological polar surface area (TPSA) is 89.3 Å². The second-order valence-corrected chi connectivity index (χ2v) is 4.30. The molecule has 1 fully saturated rings. The second kappa shape index (κ2) is 5.94. The maximum atomic E-state index is 10.5. The Labute approximate surface area is 109 Å². The minimum atomic E-state index is -0.529. The number of nitrogens with one attached hydrogen (secondary N) is 2. The normalized spacial score (nSPS) is 19.5. The molecule has 1 aliphatic rings. The van der Waals surface area contributed by atoms with Crippen molar-refractivity contribution in [2.24, 2.45) is 0 Å². The van der Waals surface area contributed by atoms with E-state index in [1.54, 1.807) is 0 Å². The van der Waals surface area contributed by atoms with Crippen molar-refractivity contribution >= 4 is 23.1 Å². The molecule has 8 heteroatoms. The van der Waals surface area contributed by atoms with Gasteiger partial charge in [-0.15, -0.1) is 0 Å². The van der Waals surface area contributed by atoms with Crippen LogP contribution in [0.15, 0.2) is 12.3 Å². The third kappa shape index (κ3) is 3.28. The molecule has 1 saturated heterocycles. The van der Waals surface area contributed by atoms with Crippen molar-refractivity contribution in [3.63, 3.8) is 0 Å². The lowest BCUT2D eigenvalue weighted by Gasteiger charge is -2.24. The number of morpholine rings is 1. The van der Waals surface area contributed by atoms with Gasteiger partial charge in [-0.25, -0.2) is 4.98 Å². The third-order valence-electron chi connectivity index (χ3n) is 2.55. The Morgan fingerprint density at radius 3 is 3.17 bits per heavy atom. The fraction of sp³-hybridized carbons (Fsp3) is 0.500. The zero-order valence-corrected chi connectivity index (χ0v) is 10.3. The first kappa shape index (κ1) is 13.0. The minimum Gasteiger partial charge on any atom is -0.378 e. The molecule has 18 heavy (non-hydrogen) atoms. The summed E-state index contributed by atoms with van der Waals surface area (Å²) >= 11 is 5.91. The molecular weight excluding hydrogens is 260 g/mol. The Bertz CT molecular complexity index is 437. The number of hydrogen-bond donors (Lipinski definition) is 2. The molecule has 0 bridgehead atoms. The van der Waals surface area contributed by atoms with Gasteiger partial charge in [0, 0.05) is 25.2 Å². The first-order chi connectivity index (χ1) is 8.66. The molecule has 1 aromatic rings. The van der Waals surface area contributed by atoms with Crippen LogP contribution in [0.25, 0.3) is 0 Å². The summed E-state index contributed by atoms with van der Waals surface area (Å²) in [4.78, 5) is 13.9. The number of nitrogens with zero attached hydrogens (tertiary/aromatic N) is 2. The molecule has 0 aliphatic carbocycles. The van der Waals surface area contributed by atoms with E-state index in [9.17, 15) is 10.1 Å². The van der Waals surface area contributed by atoms with Gasteiger partial charge in [0.15, 0.2) is 0 Å². The maximum Gasteiger partial charge on any atom is 0.289 e. The summed E-state index contributed by atoms with van der Waals surface area (Å²) in [5, 5.41) is 17.1. The van der Waals surface area contributed by atoms with E-state index in [2.05, 4.69) is 15.6 Å².